The summed E-state index contributed by atoms with van der Waals surface area (Å²) < 4.78 is 10.3. The Bertz CT molecular complexity index is 380. The Kier molecular flexibility index (Phi) is 6.30. The summed E-state index contributed by atoms with van der Waals surface area (Å²) in [6.07, 6.45) is -13.6. The lowest BCUT2D eigenvalue weighted by Gasteiger charge is -2.42. The van der Waals surface area contributed by atoms with Crippen molar-refractivity contribution >= 4 is 0 Å². The molecule has 10 nitrogen and oxygen atoms in total. The van der Waals surface area contributed by atoms with Crippen LogP contribution in [0.1, 0.15) is 12.8 Å². The summed E-state index contributed by atoms with van der Waals surface area (Å²) in [7, 11) is 0. The van der Waals surface area contributed by atoms with Crippen LogP contribution in [0.15, 0.2) is 0 Å². The first-order chi connectivity index (χ1) is 10.8. The second-order valence-electron chi connectivity index (χ2n) is 5.98. The lowest BCUT2D eigenvalue weighted by molar-refractivity contribution is -0.285. The van der Waals surface area contributed by atoms with Gasteiger partial charge in [0.15, 0.2) is 6.29 Å². The fourth-order valence-corrected chi connectivity index (χ4v) is 2.92. The Morgan fingerprint density at radius 1 is 0.522 bits per heavy atom. The van der Waals surface area contributed by atoms with Crippen molar-refractivity contribution in [3.63, 3.8) is 0 Å². The molecule has 0 amide bonds. The van der Waals surface area contributed by atoms with Crippen LogP contribution in [0.25, 0.3) is 0 Å². The summed E-state index contributed by atoms with van der Waals surface area (Å²) in [5.74, 6) is 0. The van der Waals surface area contributed by atoms with Gasteiger partial charge in [0.25, 0.3) is 0 Å². The zero-order chi connectivity index (χ0) is 17.3. The Hall–Kier alpha value is -0.400. The van der Waals surface area contributed by atoms with Crippen LogP contribution in [0, 0.1) is 0 Å². The SMILES string of the molecule is OC[C@H]1O[C@H](CC[C@@H]2OC(O)[C@@H](O)[C@H](O)[C@@H]2O)[C@H](O)[C@@H](O)[C@@H]1O. The van der Waals surface area contributed by atoms with E-state index < -0.39 is 67.8 Å². The highest BCUT2D eigenvalue weighted by atomic mass is 16.6. The minimum atomic E-state index is -1.66. The van der Waals surface area contributed by atoms with Gasteiger partial charge >= 0.3 is 0 Å². The first-order valence-electron chi connectivity index (χ1n) is 7.46. The molecule has 2 fully saturated rings. The van der Waals surface area contributed by atoms with E-state index in [9.17, 15) is 35.7 Å². The van der Waals surface area contributed by atoms with Crippen LogP contribution in [0.4, 0.5) is 0 Å². The second-order valence-corrected chi connectivity index (χ2v) is 5.98. The van der Waals surface area contributed by atoms with E-state index in [1.165, 1.54) is 0 Å². The number of hydrogen-bond acceptors (Lipinski definition) is 10. The van der Waals surface area contributed by atoms with Crippen LogP contribution >= 0.6 is 0 Å². The fourth-order valence-electron chi connectivity index (χ4n) is 2.92. The lowest BCUT2D eigenvalue weighted by Crippen LogP contribution is -2.59. The zero-order valence-electron chi connectivity index (χ0n) is 12.3. The summed E-state index contributed by atoms with van der Waals surface area (Å²) in [6, 6.07) is 0. The summed E-state index contributed by atoms with van der Waals surface area (Å²) >= 11 is 0. The van der Waals surface area contributed by atoms with E-state index in [1.54, 1.807) is 0 Å². The van der Waals surface area contributed by atoms with Gasteiger partial charge in [-0.25, -0.2) is 0 Å². The first-order valence-corrected chi connectivity index (χ1v) is 7.46. The molecular formula is C13H24O10. The van der Waals surface area contributed by atoms with E-state index in [1.807, 2.05) is 0 Å². The third-order valence-corrected chi connectivity index (χ3v) is 4.41. The Morgan fingerprint density at radius 2 is 0.957 bits per heavy atom. The molecule has 10 atom stereocenters. The number of hydrogen-bond donors (Lipinski definition) is 8. The maximum atomic E-state index is 9.90. The van der Waals surface area contributed by atoms with Crippen molar-refractivity contribution in [2.24, 2.45) is 0 Å². The van der Waals surface area contributed by atoms with E-state index >= 15 is 0 Å². The minimum Gasteiger partial charge on any atom is -0.394 e. The number of aliphatic hydroxyl groups is 8. The van der Waals surface area contributed by atoms with Gasteiger partial charge in [0.05, 0.1) is 18.8 Å². The summed E-state index contributed by atoms with van der Waals surface area (Å²) in [4.78, 5) is 0. The maximum Gasteiger partial charge on any atom is 0.183 e. The molecule has 0 aromatic heterocycles. The van der Waals surface area contributed by atoms with E-state index in [4.69, 9.17) is 14.6 Å². The zero-order valence-corrected chi connectivity index (χ0v) is 12.3. The van der Waals surface area contributed by atoms with Gasteiger partial charge in [-0.2, -0.15) is 0 Å². The molecule has 23 heavy (non-hydrogen) atoms. The molecule has 0 radical (unpaired) electrons. The largest absolute Gasteiger partial charge is 0.394 e. The van der Waals surface area contributed by atoms with Crippen LogP contribution < -0.4 is 0 Å². The maximum absolute atomic E-state index is 9.90. The quantitative estimate of drug-likeness (QED) is 0.248. The predicted octanol–water partition coefficient (Wildman–Crippen LogP) is -4.59. The van der Waals surface area contributed by atoms with Crippen molar-refractivity contribution in [3.8, 4) is 0 Å². The summed E-state index contributed by atoms with van der Waals surface area (Å²) in [5, 5.41) is 76.7. The van der Waals surface area contributed by atoms with Crippen LogP contribution in [0.2, 0.25) is 0 Å². The molecule has 2 aliphatic heterocycles. The fraction of sp³-hybridized carbons (Fsp3) is 1.00. The van der Waals surface area contributed by atoms with Crippen LogP contribution in [-0.2, 0) is 9.47 Å². The van der Waals surface area contributed by atoms with Crippen LogP contribution in [0.5, 0.6) is 0 Å². The van der Waals surface area contributed by atoms with Gasteiger partial charge < -0.3 is 50.3 Å². The number of rotatable bonds is 4. The molecule has 0 spiro atoms. The average Bonchev–Trinajstić information content (AvgIpc) is 2.54. The summed E-state index contributed by atoms with van der Waals surface area (Å²) in [6.45, 7) is -0.548. The van der Waals surface area contributed by atoms with Crippen molar-refractivity contribution in [2.75, 3.05) is 6.61 Å². The van der Waals surface area contributed by atoms with Gasteiger partial charge in [0, 0.05) is 0 Å². The molecule has 2 aliphatic rings. The van der Waals surface area contributed by atoms with Gasteiger partial charge in [-0.05, 0) is 12.8 Å². The highest BCUT2D eigenvalue weighted by molar-refractivity contribution is 4.94. The topological polar surface area (TPSA) is 180 Å². The van der Waals surface area contributed by atoms with Gasteiger partial charge in [-0.15, -0.1) is 0 Å². The van der Waals surface area contributed by atoms with Gasteiger partial charge in [0.1, 0.15) is 42.7 Å². The van der Waals surface area contributed by atoms with Crippen molar-refractivity contribution < 1.29 is 50.3 Å². The van der Waals surface area contributed by atoms with Crippen molar-refractivity contribution in [3.05, 3.63) is 0 Å². The number of aliphatic hydroxyl groups excluding tert-OH is 8. The molecule has 0 aliphatic carbocycles. The predicted molar refractivity (Wildman–Crippen MR) is 71.9 cm³/mol. The molecule has 8 N–H and O–H groups in total. The van der Waals surface area contributed by atoms with E-state index in [0.717, 1.165) is 0 Å². The standard InChI is InChI=1S/C13H24O10/c14-3-6-9(17)10(18)7(15)4(22-6)1-2-5-8(16)11(19)12(20)13(21)23-5/h4-21H,1-3H2/t4-,5+,6-,7+,8-,9-,10-,11-,12+,13?/m1/s1. The molecule has 0 aromatic carbocycles. The Balaban J connectivity index is 1.94. The van der Waals surface area contributed by atoms with Crippen molar-refractivity contribution in [2.45, 2.75) is 74.1 Å². The lowest BCUT2D eigenvalue weighted by atomic mass is 9.90. The highest BCUT2D eigenvalue weighted by Gasteiger charge is 2.46. The molecular weight excluding hydrogens is 316 g/mol. The van der Waals surface area contributed by atoms with Gasteiger partial charge in [0.2, 0.25) is 0 Å². The molecule has 1 unspecified atom stereocenters. The molecule has 2 heterocycles. The highest BCUT2D eigenvalue weighted by Crippen LogP contribution is 2.28. The first kappa shape index (κ1) is 18.9. The molecule has 10 heteroatoms. The Morgan fingerprint density at radius 3 is 1.48 bits per heavy atom. The summed E-state index contributed by atoms with van der Waals surface area (Å²) in [5.41, 5.74) is 0. The minimum absolute atomic E-state index is 0.0324. The second kappa shape index (κ2) is 7.66. The average molecular weight is 340 g/mol. The molecule has 2 rings (SSSR count). The van der Waals surface area contributed by atoms with Crippen molar-refractivity contribution in [1.29, 1.82) is 0 Å². The van der Waals surface area contributed by atoms with E-state index in [-0.39, 0.29) is 12.8 Å². The van der Waals surface area contributed by atoms with Crippen molar-refractivity contribution in [1.82, 2.24) is 0 Å². The van der Waals surface area contributed by atoms with E-state index in [2.05, 4.69) is 0 Å². The van der Waals surface area contributed by atoms with Crippen LogP contribution in [-0.4, -0.2) is 109 Å². The third-order valence-electron chi connectivity index (χ3n) is 4.41. The Labute approximate surface area is 132 Å². The van der Waals surface area contributed by atoms with Gasteiger partial charge in [-0.3, -0.25) is 0 Å². The molecule has 0 aromatic rings. The number of ether oxygens (including phenoxy) is 2. The monoisotopic (exact) mass is 340 g/mol. The van der Waals surface area contributed by atoms with E-state index in [0.29, 0.717) is 0 Å². The molecule has 136 valence electrons. The molecule has 2 saturated heterocycles. The molecule has 0 saturated carbocycles. The van der Waals surface area contributed by atoms with Gasteiger partial charge in [-0.1, -0.05) is 0 Å². The third kappa shape index (κ3) is 3.82. The van der Waals surface area contributed by atoms with Crippen LogP contribution in [0.3, 0.4) is 0 Å². The molecule has 0 bridgehead atoms. The smallest absolute Gasteiger partial charge is 0.183 e. The normalized spacial score (nSPS) is 51.7.